The number of rotatable bonds is 3. The van der Waals surface area contributed by atoms with E-state index in [0.29, 0.717) is 24.8 Å². The number of aromatic nitrogens is 2. The second-order valence-corrected chi connectivity index (χ2v) is 8.34. The maximum absolute atomic E-state index is 14.3. The Morgan fingerprint density at radius 1 is 1.24 bits per heavy atom. The van der Waals surface area contributed by atoms with Crippen LogP contribution in [0, 0.1) is 18.6 Å². The van der Waals surface area contributed by atoms with Crippen molar-refractivity contribution in [2.45, 2.75) is 43.9 Å². The summed E-state index contributed by atoms with van der Waals surface area (Å²) in [5.41, 5.74) is 2.76. The van der Waals surface area contributed by atoms with Gasteiger partial charge in [0.25, 0.3) is 5.91 Å². The minimum absolute atomic E-state index is 0.0972. The molecule has 2 aromatic carbocycles. The molecule has 4 rings (SSSR count). The lowest BCUT2D eigenvalue weighted by Gasteiger charge is -2.32. The number of carbonyl (C=O) groups is 1. The minimum Gasteiger partial charge on any atom is -0.289 e. The molecule has 1 aromatic heterocycles. The minimum atomic E-state index is -1.15. The molecule has 2 atom stereocenters. The molecule has 0 radical (unpaired) electrons. The smallest absolute Gasteiger partial charge is 0.254 e. The van der Waals surface area contributed by atoms with E-state index in [1.54, 1.807) is 16.4 Å². The zero-order chi connectivity index (χ0) is 21.0. The summed E-state index contributed by atoms with van der Waals surface area (Å²) in [6.45, 7) is 3.53. The van der Waals surface area contributed by atoms with Gasteiger partial charge < -0.3 is 0 Å². The van der Waals surface area contributed by atoms with Crippen molar-refractivity contribution in [3.05, 3.63) is 64.9 Å². The van der Waals surface area contributed by atoms with Crippen molar-refractivity contribution in [1.82, 2.24) is 15.3 Å². The molecule has 1 aliphatic rings. The standard InChI is InChI=1S/C22H23F2N3O2/c1-13-16(6-7-17(23)19(13)24)22(20(28)26-29)9-8-21(2,12-22)15-5-4-14-11-25-27(3)18(14)10-15/h4-7,10-11,29H,8-9,12H2,1-3H3,(H,26,28)/t21-,22+/m1/s1. The topological polar surface area (TPSA) is 67.2 Å². The van der Waals surface area contributed by atoms with Gasteiger partial charge in [-0.05, 0) is 60.4 Å². The number of nitrogens with one attached hydrogen (secondary N) is 1. The van der Waals surface area contributed by atoms with E-state index in [4.69, 9.17) is 0 Å². The molecular formula is C22H23F2N3O2. The normalized spacial score (nSPS) is 24.2. The van der Waals surface area contributed by atoms with Crippen LogP contribution in [-0.2, 0) is 22.7 Å². The first-order chi connectivity index (χ1) is 13.7. The highest BCUT2D eigenvalue weighted by atomic mass is 19.2. The summed E-state index contributed by atoms with van der Waals surface area (Å²) >= 11 is 0. The van der Waals surface area contributed by atoms with Crippen LogP contribution in [0.5, 0.6) is 0 Å². The lowest BCUT2D eigenvalue weighted by molar-refractivity contribution is -0.135. The average Bonchev–Trinajstić information content (AvgIpc) is 3.27. The number of amides is 1. The molecule has 1 fully saturated rings. The molecule has 0 aliphatic heterocycles. The van der Waals surface area contributed by atoms with Crippen LogP contribution in [0.25, 0.3) is 10.9 Å². The first-order valence-corrected chi connectivity index (χ1v) is 9.54. The third-order valence-electron chi connectivity index (χ3n) is 6.63. The van der Waals surface area contributed by atoms with Crippen molar-refractivity contribution in [2.24, 2.45) is 7.05 Å². The number of halogens is 2. The number of aryl methyl sites for hydroxylation is 1. The summed E-state index contributed by atoms with van der Waals surface area (Å²) < 4.78 is 29.8. The number of hydrogen-bond acceptors (Lipinski definition) is 3. The second kappa shape index (κ2) is 6.62. The van der Waals surface area contributed by atoms with Crippen molar-refractivity contribution >= 4 is 16.8 Å². The average molecular weight is 399 g/mol. The molecule has 1 saturated carbocycles. The van der Waals surface area contributed by atoms with E-state index in [1.165, 1.54) is 13.0 Å². The molecule has 0 saturated heterocycles. The highest BCUT2D eigenvalue weighted by molar-refractivity contribution is 5.89. The van der Waals surface area contributed by atoms with Crippen LogP contribution in [0.4, 0.5) is 8.78 Å². The van der Waals surface area contributed by atoms with Crippen LogP contribution >= 0.6 is 0 Å². The maximum Gasteiger partial charge on any atom is 0.254 e. The lowest BCUT2D eigenvalue weighted by Crippen LogP contribution is -2.43. The molecule has 152 valence electrons. The summed E-state index contributed by atoms with van der Waals surface area (Å²) in [7, 11) is 1.87. The summed E-state index contributed by atoms with van der Waals surface area (Å²) in [6, 6.07) is 8.58. The van der Waals surface area contributed by atoms with Gasteiger partial charge in [0.2, 0.25) is 0 Å². The van der Waals surface area contributed by atoms with Gasteiger partial charge >= 0.3 is 0 Å². The Balaban J connectivity index is 1.83. The number of carbonyl (C=O) groups excluding carboxylic acids is 1. The predicted octanol–water partition coefficient (Wildman–Crippen LogP) is 4.04. The van der Waals surface area contributed by atoms with Crippen molar-refractivity contribution in [3.63, 3.8) is 0 Å². The van der Waals surface area contributed by atoms with Crippen LogP contribution in [0.2, 0.25) is 0 Å². The Bertz CT molecular complexity index is 1130. The Hall–Kier alpha value is -2.80. The number of nitrogens with zero attached hydrogens (tertiary/aromatic N) is 2. The van der Waals surface area contributed by atoms with Gasteiger partial charge in [-0.2, -0.15) is 5.10 Å². The van der Waals surface area contributed by atoms with E-state index < -0.39 is 23.0 Å². The molecule has 2 N–H and O–H groups in total. The molecular weight excluding hydrogens is 376 g/mol. The van der Waals surface area contributed by atoms with Gasteiger partial charge in [-0.15, -0.1) is 0 Å². The fourth-order valence-corrected chi connectivity index (χ4v) is 4.92. The summed E-state index contributed by atoms with van der Waals surface area (Å²) in [5, 5.41) is 14.7. The van der Waals surface area contributed by atoms with Crippen molar-refractivity contribution in [1.29, 1.82) is 0 Å². The zero-order valence-electron chi connectivity index (χ0n) is 16.6. The number of fused-ring (bicyclic) bond motifs is 1. The Kier molecular flexibility index (Phi) is 4.46. The molecule has 0 unspecified atom stereocenters. The van der Waals surface area contributed by atoms with E-state index in [-0.39, 0.29) is 11.0 Å². The number of hydrogen-bond donors (Lipinski definition) is 2. The van der Waals surface area contributed by atoms with E-state index in [9.17, 15) is 18.8 Å². The van der Waals surface area contributed by atoms with E-state index in [0.717, 1.165) is 22.5 Å². The molecule has 3 aromatic rings. The molecule has 5 nitrogen and oxygen atoms in total. The molecule has 1 heterocycles. The largest absolute Gasteiger partial charge is 0.289 e. The van der Waals surface area contributed by atoms with Gasteiger partial charge in [-0.1, -0.05) is 25.1 Å². The highest BCUT2D eigenvalue weighted by Gasteiger charge is 2.53. The first kappa shape index (κ1) is 19.5. The monoisotopic (exact) mass is 399 g/mol. The predicted molar refractivity (Wildman–Crippen MR) is 105 cm³/mol. The lowest BCUT2D eigenvalue weighted by atomic mass is 9.71. The third kappa shape index (κ3) is 2.83. The third-order valence-corrected chi connectivity index (χ3v) is 6.63. The van der Waals surface area contributed by atoms with E-state index in [1.807, 2.05) is 19.2 Å². The van der Waals surface area contributed by atoms with Crippen molar-refractivity contribution in [3.8, 4) is 0 Å². The quantitative estimate of drug-likeness (QED) is 0.516. The second-order valence-electron chi connectivity index (χ2n) is 8.34. The molecule has 29 heavy (non-hydrogen) atoms. The first-order valence-electron chi connectivity index (χ1n) is 9.54. The van der Waals surface area contributed by atoms with Gasteiger partial charge in [0, 0.05) is 12.4 Å². The van der Waals surface area contributed by atoms with Gasteiger partial charge in [0.1, 0.15) is 0 Å². The summed E-state index contributed by atoms with van der Waals surface area (Å²) in [6.07, 6.45) is 3.22. The Morgan fingerprint density at radius 3 is 2.72 bits per heavy atom. The maximum atomic E-state index is 14.3. The van der Waals surface area contributed by atoms with Crippen LogP contribution in [0.3, 0.4) is 0 Å². The number of hydroxylamine groups is 1. The van der Waals surface area contributed by atoms with Gasteiger partial charge in [0.15, 0.2) is 11.6 Å². The fraction of sp³-hybridized carbons (Fsp3) is 0.364. The van der Waals surface area contributed by atoms with Gasteiger partial charge in [0.05, 0.1) is 17.1 Å². The van der Waals surface area contributed by atoms with Crippen LogP contribution in [0.1, 0.15) is 42.9 Å². The van der Waals surface area contributed by atoms with Crippen LogP contribution < -0.4 is 5.48 Å². The SMILES string of the molecule is Cc1c([C@]2(C(=O)NO)CC[C@@](C)(c3ccc4cnn(C)c4c3)C2)ccc(F)c1F. The van der Waals surface area contributed by atoms with Crippen molar-refractivity contribution in [2.75, 3.05) is 0 Å². The van der Waals surface area contributed by atoms with E-state index >= 15 is 0 Å². The van der Waals surface area contributed by atoms with Gasteiger partial charge in [-0.25, -0.2) is 14.3 Å². The Morgan fingerprint density at radius 2 is 2.00 bits per heavy atom. The Labute approximate surface area is 167 Å². The molecule has 1 amide bonds. The highest BCUT2D eigenvalue weighted by Crippen LogP contribution is 2.53. The van der Waals surface area contributed by atoms with Crippen LogP contribution in [0.15, 0.2) is 36.5 Å². The van der Waals surface area contributed by atoms with E-state index in [2.05, 4.69) is 18.1 Å². The van der Waals surface area contributed by atoms with Crippen LogP contribution in [-0.4, -0.2) is 20.9 Å². The zero-order valence-corrected chi connectivity index (χ0v) is 16.6. The summed E-state index contributed by atoms with van der Waals surface area (Å²) in [4.78, 5) is 12.8. The van der Waals surface area contributed by atoms with Crippen molar-refractivity contribution < 1.29 is 18.8 Å². The molecule has 0 bridgehead atoms. The molecule has 0 spiro atoms. The molecule has 1 aliphatic carbocycles. The fourth-order valence-electron chi connectivity index (χ4n) is 4.92. The summed E-state index contributed by atoms with van der Waals surface area (Å²) in [5.74, 6) is -2.51. The van der Waals surface area contributed by atoms with Gasteiger partial charge in [-0.3, -0.25) is 14.7 Å². The molecule has 7 heteroatoms. The number of benzene rings is 2.